The number of halogens is 2. The molecule has 5 heteroatoms. The molecule has 0 aliphatic heterocycles. The first kappa shape index (κ1) is 15.5. The number of nitrogens with zero attached hydrogens (tertiary/aromatic N) is 3. The summed E-state index contributed by atoms with van der Waals surface area (Å²) in [5.41, 5.74) is 1.16. The third kappa shape index (κ3) is 3.83. The van der Waals surface area contributed by atoms with Crippen LogP contribution in [-0.2, 0) is 13.0 Å². The van der Waals surface area contributed by atoms with Crippen LogP contribution in [0.25, 0.3) is 0 Å². The van der Waals surface area contributed by atoms with Gasteiger partial charge < -0.3 is 0 Å². The molecule has 0 amide bonds. The smallest absolute Gasteiger partial charge is 0.138 e. The van der Waals surface area contributed by atoms with Gasteiger partial charge in [-0.05, 0) is 17.5 Å². The van der Waals surface area contributed by atoms with Crippen molar-refractivity contribution >= 4 is 27.5 Å². The van der Waals surface area contributed by atoms with E-state index in [-0.39, 0.29) is 0 Å². The number of hydrogen-bond acceptors (Lipinski definition) is 2. The Labute approximate surface area is 133 Å². The van der Waals surface area contributed by atoms with E-state index in [2.05, 4.69) is 45.9 Å². The fraction of sp³-hybridized carbons (Fsp3) is 0.467. The largest absolute Gasteiger partial charge is 0.250 e. The van der Waals surface area contributed by atoms with Crippen LogP contribution in [0, 0.1) is 5.92 Å². The van der Waals surface area contributed by atoms with Crippen LogP contribution in [0.1, 0.15) is 31.2 Å². The molecule has 1 aromatic carbocycles. The van der Waals surface area contributed by atoms with Crippen molar-refractivity contribution in [2.45, 2.75) is 32.7 Å². The van der Waals surface area contributed by atoms with Crippen molar-refractivity contribution in [3.05, 3.63) is 47.0 Å². The van der Waals surface area contributed by atoms with E-state index in [1.807, 2.05) is 22.9 Å². The lowest BCUT2D eigenvalue weighted by atomic mass is 9.97. The molecule has 0 spiro atoms. The Morgan fingerprint density at radius 3 is 2.70 bits per heavy atom. The molecule has 108 valence electrons. The van der Waals surface area contributed by atoms with Gasteiger partial charge in [-0.3, -0.25) is 0 Å². The van der Waals surface area contributed by atoms with Gasteiger partial charge in [0.25, 0.3) is 0 Å². The van der Waals surface area contributed by atoms with Crippen LogP contribution in [-0.4, -0.2) is 20.1 Å². The zero-order valence-electron chi connectivity index (χ0n) is 11.8. The topological polar surface area (TPSA) is 30.7 Å². The summed E-state index contributed by atoms with van der Waals surface area (Å²) in [5, 5.41) is 5.98. The monoisotopic (exact) mass is 355 g/mol. The summed E-state index contributed by atoms with van der Waals surface area (Å²) >= 11 is 9.89. The van der Waals surface area contributed by atoms with Crippen molar-refractivity contribution < 1.29 is 0 Å². The van der Waals surface area contributed by atoms with Crippen molar-refractivity contribution in [1.82, 2.24) is 14.8 Å². The first-order valence-corrected chi connectivity index (χ1v) is 8.28. The first-order valence-electron chi connectivity index (χ1n) is 6.79. The molecule has 2 aromatic rings. The van der Waals surface area contributed by atoms with Crippen molar-refractivity contribution in [1.29, 1.82) is 0 Å². The van der Waals surface area contributed by atoms with Crippen LogP contribution in [0.2, 0.25) is 5.02 Å². The Hall–Kier alpha value is -0.870. The van der Waals surface area contributed by atoms with Gasteiger partial charge in [0.2, 0.25) is 0 Å². The first-order chi connectivity index (χ1) is 9.61. The molecule has 1 atom stereocenters. The molecule has 1 heterocycles. The number of alkyl halides is 1. The molecule has 0 bridgehead atoms. The quantitative estimate of drug-likeness (QED) is 0.722. The lowest BCUT2D eigenvalue weighted by molar-refractivity contribution is 0.461. The predicted molar refractivity (Wildman–Crippen MR) is 86.6 cm³/mol. The fourth-order valence-corrected chi connectivity index (χ4v) is 3.09. The maximum Gasteiger partial charge on any atom is 0.138 e. The van der Waals surface area contributed by atoms with E-state index in [4.69, 9.17) is 11.6 Å². The lowest BCUT2D eigenvalue weighted by Crippen LogP contribution is -2.14. The normalized spacial score (nSPS) is 12.8. The minimum Gasteiger partial charge on any atom is -0.250 e. The van der Waals surface area contributed by atoms with E-state index in [1.165, 1.54) is 0 Å². The minimum absolute atomic E-state index is 0.304. The second-order valence-corrected chi connectivity index (χ2v) is 6.38. The van der Waals surface area contributed by atoms with Gasteiger partial charge in [-0.25, -0.2) is 9.67 Å². The number of rotatable bonds is 6. The molecule has 0 N–H and O–H groups in total. The average molecular weight is 357 g/mol. The Kier molecular flexibility index (Phi) is 5.61. The van der Waals surface area contributed by atoms with E-state index in [0.29, 0.717) is 11.8 Å². The van der Waals surface area contributed by atoms with Crippen LogP contribution in [0.5, 0.6) is 0 Å². The van der Waals surface area contributed by atoms with Crippen LogP contribution in [0.15, 0.2) is 30.6 Å². The minimum atomic E-state index is 0.304. The molecular formula is C15H19BrClN3. The second-order valence-electron chi connectivity index (χ2n) is 5.33. The van der Waals surface area contributed by atoms with Crippen LogP contribution in [0.3, 0.4) is 0 Å². The van der Waals surface area contributed by atoms with E-state index < -0.39 is 0 Å². The highest BCUT2D eigenvalue weighted by molar-refractivity contribution is 9.09. The highest BCUT2D eigenvalue weighted by Gasteiger charge is 2.17. The number of benzene rings is 1. The molecule has 0 aliphatic rings. The van der Waals surface area contributed by atoms with Gasteiger partial charge in [0.15, 0.2) is 0 Å². The maximum atomic E-state index is 6.30. The Balaban J connectivity index is 2.19. The highest BCUT2D eigenvalue weighted by atomic mass is 79.9. The molecule has 2 rings (SSSR count). The Bertz CT molecular complexity index is 554. The number of hydrogen-bond donors (Lipinski definition) is 0. The third-order valence-electron chi connectivity index (χ3n) is 3.19. The summed E-state index contributed by atoms with van der Waals surface area (Å²) in [5.74, 6) is 1.88. The highest BCUT2D eigenvalue weighted by Crippen LogP contribution is 2.28. The van der Waals surface area contributed by atoms with Crippen LogP contribution in [0.4, 0.5) is 0 Å². The van der Waals surface area contributed by atoms with E-state index in [9.17, 15) is 0 Å². The SMILES string of the molecule is CC(C)Cn1ncnc1CC(CBr)c1ccccc1Cl. The molecule has 0 radical (unpaired) electrons. The molecule has 1 unspecified atom stereocenters. The average Bonchev–Trinajstić information content (AvgIpc) is 2.83. The lowest BCUT2D eigenvalue weighted by Gasteiger charge is -2.16. The van der Waals surface area contributed by atoms with E-state index in [1.54, 1.807) is 6.33 Å². The summed E-state index contributed by atoms with van der Waals surface area (Å²) < 4.78 is 2.00. The zero-order valence-corrected chi connectivity index (χ0v) is 14.1. The summed E-state index contributed by atoms with van der Waals surface area (Å²) in [6.45, 7) is 5.26. The molecular weight excluding hydrogens is 338 g/mol. The van der Waals surface area contributed by atoms with Gasteiger partial charge in [-0.15, -0.1) is 0 Å². The van der Waals surface area contributed by atoms with E-state index in [0.717, 1.165) is 34.7 Å². The molecule has 20 heavy (non-hydrogen) atoms. The Morgan fingerprint density at radius 1 is 1.30 bits per heavy atom. The summed E-state index contributed by atoms with van der Waals surface area (Å²) in [7, 11) is 0. The summed E-state index contributed by atoms with van der Waals surface area (Å²) in [6, 6.07) is 8.00. The second kappa shape index (κ2) is 7.23. The van der Waals surface area contributed by atoms with Crippen molar-refractivity contribution in [3.8, 4) is 0 Å². The fourth-order valence-electron chi connectivity index (χ4n) is 2.22. The van der Waals surface area contributed by atoms with Crippen LogP contribution < -0.4 is 0 Å². The van der Waals surface area contributed by atoms with Crippen molar-refractivity contribution in [2.75, 3.05) is 5.33 Å². The van der Waals surface area contributed by atoms with Gasteiger partial charge in [-0.1, -0.05) is 59.6 Å². The standard InChI is InChI=1S/C15H19BrClN3/c1-11(2)9-20-15(18-10-19-20)7-12(8-16)13-5-3-4-6-14(13)17/h3-6,10-12H,7-9H2,1-2H3. The van der Waals surface area contributed by atoms with Gasteiger partial charge in [0.1, 0.15) is 12.2 Å². The predicted octanol–water partition coefficient (Wildman–Crippen LogP) is 4.31. The summed E-state index contributed by atoms with van der Waals surface area (Å²) in [4.78, 5) is 4.40. The number of aromatic nitrogens is 3. The van der Waals surface area contributed by atoms with Crippen molar-refractivity contribution in [3.63, 3.8) is 0 Å². The third-order valence-corrected chi connectivity index (χ3v) is 4.32. The van der Waals surface area contributed by atoms with Gasteiger partial charge in [-0.2, -0.15) is 5.10 Å². The molecule has 0 aliphatic carbocycles. The van der Waals surface area contributed by atoms with E-state index >= 15 is 0 Å². The molecule has 0 fully saturated rings. The molecule has 3 nitrogen and oxygen atoms in total. The zero-order chi connectivity index (χ0) is 14.5. The van der Waals surface area contributed by atoms with Gasteiger partial charge in [0.05, 0.1) is 0 Å². The van der Waals surface area contributed by atoms with Crippen molar-refractivity contribution in [2.24, 2.45) is 5.92 Å². The van der Waals surface area contributed by atoms with Gasteiger partial charge >= 0.3 is 0 Å². The summed E-state index contributed by atoms with van der Waals surface area (Å²) in [6.07, 6.45) is 2.47. The van der Waals surface area contributed by atoms with Gasteiger partial charge in [0, 0.05) is 29.2 Å². The van der Waals surface area contributed by atoms with Crippen LogP contribution >= 0.6 is 27.5 Å². The molecule has 0 saturated heterocycles. The molecule has 0 saturated carbocycles. The maximum absolute atomic E-state index is 6.30. The Morgan fingerprint density at radius 2 is 2.05 bits per heavy atom. The molecule has 1 aromatic heterocycles.